The van der Waals surface area contributed by atoms with Gasteiger partial charge in [-0.1, -0.05) is 94.2 Å². The summed E-state index contributed by atoms with van der Waals surface area (Å²) in [6.45, 7) is 8.72. The molecule has 1 atom stereocenters. The summed E-state index contributed by atoms with van der Waals surface area (Å²) in [6, 6.07) is 10.8. The standard InChI is InChI=1S/C18H30OSi.Li/c1-5-6-7-9-14-18(15-16(2)19)20(3,4)17-12-10-8-11-13-17;/h8,10-13,15,18-19H,5-7,9,14H2,1-4H3;/q;+1/p-1/b16-15-;/t18-;/m1./s1. The Morgan fingerprint density at radius 3 is 2.29 bits per heavy atom. The zero-order valence-corrected chi connectivity index (χ0v) is 15.5. The summed E-state index contributed by atoms with van der Waals surface area (Å²) in [5, 5.41) is 13.0. The summed E-state index contributed by atoms with van der Waals surface area (Å²) >= 11 is 0. The molecule has 0 amide bonds. The van der Waals surface area contributed by atoms with Crippen molar-refractivity contribution in [1.29, 1.82) is 0 Å². The first-order valence-corrected chi connectivity index (χ1v) is 11.0. The van der Waals surface area contributed by atoms with E-state index in [0.29, 0.717) is 5.54 Å². The first kappa shape index (κ1) is 20.6. The summed E-state index contributed by atoms with van der Waals surface area (Å²) in [5.41, 5.74) is 0.458. The van der Waals surface area contributed by atoms with E-state index in [-0.39, 0.29) is 24.6 Å². The third-order valence-electron chi connectivity index (χ3n) is 4.25. The molecule has 0 aliphatic rings. The molecular weight excluding hydrogens is 267 g/mol. The van der Waals surface area contributed by atoms with Gasteiger partial charge >= 0.3 is 18.9 Å². The molecule has 0 aromatic heterocycles. The van der Waals surface area contributed by atoms with Crippen molar-refractivity contribution in [3.05, 3.63) is 42.2 Å². The third-order valence-corrected chi connectivity index (χ3v) is 8.38. The maximum atomic E-state index is 11.6. The quantitative estimate of drug-likeness (QED) is 0.402. The molecular formula is C18H29LiOSi. The van der Waals surface area contributed by atoms with Crippen LogP contribution in [0.1, 0.15) is 46.0 Å². The molecule has 0 saturated heterocycles. The smallest absolute Gasteiger partial charge is 0.876 e. The van der Waals surface area contributed by atoms with Crippen molar-refractivity contribution in [2.24, 2.45) is 0 Å². The van der Waals surface area contributed by atoms with Crippen LogP contribution in [0.3, 0.4) is 0 Å². The molecule has 0 aliphatic carbocycles. The molecule has 112 valence electrons. The normalized spacial score (nSPS) is 13.6. The van der Waals surface area contributed by atoms with Crippen LogP contribution in [0.15, 0.2) is 42.2 Å². The number of unbranched alkanes of at least 4 members (excludes halogenated alkanes) is 3. The maximum absolute atomic E-state index is 11.6. The second-order valence-electron chi connectivity index (χ2n) is 6.32. The van der Waals surface area contributed by atoms with Crippen molar-refractivity contribution in [3.8, 4) is 0 Å². The van der Waals surface area contributed by atoms with Gasteiger partial charge in [-0.2, -0.15) is 0 Å². The van der Waals surface area contributed by atoms with Crippen molar-refractivity contribution >= 4 is 13.3 Å². The number of rotatable bonds is 8. The summed E-state index contributed by atoms with van der Waals surface area (Å²) in [4.78, 5) is 0. The Morgan fingerprint density at radius 1 is 1.14 bits per heavy atom. The van der Waals surface area contributed by atoms with E-state index in [0.717, 1.165) is 6.42 Å². The Bertz CT molecular complexity index is 410. The van der Waals surface area contributed by atoms with Crippen molar-refractivity contribution < 1.29 is 24.0 Å². The summed E-state index contributed by atoms with van der Waals surface area (Å²) in [5.74, 6) is 0.224. The van der Waals surface area contributed by atoms with Gasteiger partial charge in [0.1, 0.15) is 0 Å². The molecule has 0 saturated carbocycles. The minimum atomic E-state index is -1.61. The van der Waals surface area contributed by atoms with E-state index in [1.54, 1.807) is 6.92 Å². The van der Waals surface area contributed by atoms with E-state index in [9.17, 15) is 5.11 Å². The van der Waals surface area contributed by atoms with Crippen LogP contribution in [0.4, 0.5) is 0 Å². The van der Waals surface area contributed by atoms with Crippen LogP contribution in [0.25, 0.3) is 0 Å². The second kappa shape index (κ2) is 10.3. The van der Waals surface area contributed by atoms with Gasteiger partial charge in [0.2, 0.25) is 0 Å². The van der Waals surface area contributed by atoms with Crippen LogP contribution in [0, 0.1) is 0 Å². The van der Waals surface area contributed by atoms with Crippen LogP contribution >= 0.6 is 0 Å². The fraction of sp³-hybridized carbons (Fsp3) is 0.556. The molecule has 0 bridgehead atoms. The van der Waals surface area contributed by atoms with Gasteiger partial charge < -0.3 is 5.11 Å². The Hall–Kier alpha value is -0.426. The first-order chi connectivity index (χ1) is 9.48. The van der Waals surface area contributed by atoms with E-state index < -0.39 is 8.07 Å². The Kier molecular flexibility index (Phi) is 10.1. The minimum absolute atomic E-state index is 0. The van der Waals surface area contributed by atoms with Gasteiger partial charge in [0.15, 0.2) is 0 Å². The first-order valence-electron chi connectivity index (χ1n) is 7.89. The van der Waals surface area contributed by atoms with Gasteiger partial charge in [-0.3, -0.25) is 0 Å². The van der Waals surface area contributed by atoms with E-state index in [4.69, 9.17) is 0 Å². The fourth-order valence-corrected chi connectivity index (χ4v) is 5.87. The molecule has 1 aromatic carbocycles. The molecule has 21 heavy (non-hydrogen) atoms. The van der Waals surface area contributed by atoms with Gasteiger partial charge in [-0.15, -0.1) is 5.76 Å². The number of allylic oxidation sites excluding steroid dienone is 2. The van der Waals surface area contributed by atoms with Crippen LogP contribution in [0.5, 0.6) is 0 Å². The second-order valence-corrected chi connectivity index (χ2v) is 11.1. The Labute approximate surface area is 144 Å². The average molecular weight is 296 g/mol. The molecule has 1 rings (SSSR count). The van der Waals surface area contributed by atoms with Gasteiger partial charge in [-0.25, -0.2) is 0 Å². The zero-order chi connectivity index (χ0) is 15.0. The van der Waals surface area contributed by atoms with E-state index >= 15 is 0 Å². The molecule has 0 spiro atoms. The number of benzene rings is 1. The van der Waals surface area contributed by atoms with Crippen LogP contribution in [-0.4, -0.2) is 8.07 Å². The fourth-order valence-electron chi connectivity index (χ4n) is 2.81. The predicted octanol–water partition coefficient (Wildman–Crippen LogP) is 1.21. The van der Waals surface area contributed by atoms with Gasteiger partial charge in [0.25, 0.3) is 0 Å². The van der Waals surface area contributed by atoms with E-state index in [2.05, 4.69) is 50.3 Å². The van der Waals surface area contributed by atoms with Gasteiger partial charge in [-0.05, 0) is 12.0 Å². The Morgan fingerprint density at radius 2 is 1.76 bits per heavy atom. The van der Waals surface area contributed by atoms with E-state index in [1.165, 1.54) is 30.9 Å². The van der Waals surface area contributed by atoms with Crippen molar-refractivity contribution in [2.45, 2.75) is 64.6 Å². The van der Waals surface area contributed by atoms with E-state index in [1.807, 2.05) is 6.08 Å². The molecule has 0 N–H and O–H groups in total. The van der Waals surface area contributed by atoms with Gasteiger partial charge in [0.05, 0.1) is 8.07 Å². The van der Waals surface area contributed by atoms with Crippen molar-refractivity contribution in [3.63, 3.8) is 0 Å². The van der Waals surface area contributed by atoms with Crippen LogP contribution < -0.4 is 29.2 Å². The molecule has 0 unspecified atom stereocenters. The molecule has 0 aliphatic heterocycles. The Balaban J connectivity index is 0.00000400. The van der Waals surface area contributed by atoms with Crippen molar-refractivity contribution in [2.75, 3.05) is 0 Å². The maximum Gasteiger partial charge on any atom is 1.00 e. The molecule has 1 aromatic rings. The number of hydrogen-bond donors (Lipinski definition) is 0. The molecule has 0 heterocycles. The van der Waals surface area contributed by atoms with Crippen LogP contribution in [-0.2, 0) is 0 Å². The van der Waals surface area contributed by atoms with Crippen molar-refractivity contribution in [1.82, 2.24) is 0 Å². The summed E-state index contributed by atoms with van der Waals surface area (Å²) < 4.78 is 0. The topological polar surface area (TPSA) is 23.1 Å². The third kappa shape index (κ3) is 6.91. The molecule has 3 heteroatoms. The van der Waals surface area contributed by atoms with Crippen LogP contribution in [0.2, 0.25) is 18.6 Å². The molecule has 0 fully saturated rings. The average Bonchev–Trinajstić information content (AvgIpc) is 2.42. The minimum Gasteiger partial charge on any atom is -0.876 e. The zero-order valence-electron chi connectivity index (χ0n) is 14.5. The monoisotopic (exact) mass is 296 g/mol. The predicted molar refractivity (Wildman–Crippen MR) is 89.8 cm³/mol. The number of hydrogen-bond acceptors (Lipinski definition) is 1. The molecule has 0 radical (unpaired) electrons. The molecule has 1 nitrogen and oxygen atoms in total. The summed E-state index contributed by atoms with van der Waals surface area (Å²) in [7, 11) is -1.61. The summed E-state index contributed by atoms with van der Waals surface area (Å²) in [6.07, 6.45) is 8.25. The largest absolute Gasteiger partial charge is 1.00 e. The van der Waals surface area contributed by atoms with Gasteiger partial charge in [0, 0.05) is 0 Å². The SMILES string of the molecule is CCCCCC[C@H](/C=C(/C)[O-])[Si](C)(C)c1ccccc1.[Li+].